The molecule has 0 amide bonds. The molecule has 0 spiro atoms. The summed E-state index contributed by atoms with van der Waals surface area (Å²) in [5, 5.41) is 9.86. The number of benzene rings is 3. The van der Waals surface area contributed by atoms with Gasteiger partial charge in [-0.15, -0.1) is 0 Å². The van der Waals surface area contributed by atoms with E-state index in [2.05, 4.69) is 13.0 Å². The van der Waals surface area contributed by atoms with Crippen LogP contribution in [0.4, 0.5) is 0 Å². The van der Waals surface area contributed by atoms with Crippen LogP contribution in [0.5, 0.6) is 17.2 Å². The van der Waals surface area contributed by atoms with Crippen molar-refractivity contribution in [3.8, 4) is 28.4 Å². The maximum absolute atomic E-state index is 10.8. The SMILES string of the molecule is COc1cc(OCCC(C)(C)O)ccc1-c1cccc(COc2ccc(C=O)cc2)c1C. The van der Waals surface area contributed by atoms with Crippen LogP contribution < -0.4 is 14.2 Å². The first kappa shape index (κ1) is 23.4. The molecule has 3 rings (SSSR count). The van der Waals surface area contributed by atoms with Crippen LogP contribution in [0, 0.1) is 6.92 Å². The van der Waals surface area contributed by atoms with Gasteiger partial charge in [-0.25, -0.2) is 0 Å². The number of aldehydes is 1. The first-order valence-electron chi connectivity index (χ1n) is 10.6. The van der Waals surface area contributed by atoms with Crippen molar-refractivity contribution in [3.63, 3.8) is 0 Å². The molecule has 0 bridgehead atoms. The van der Waals surface area contributed by atoms with Gasteiger partial charge < -0.3 is 19.3 Å². The third-order valence-electron chi connectivity index (χ3n) is 5.30. The number of ether oxygens (including phenoxy) is 3. The fourth-order valence-electron chi connectivity index (χ4n) is 3.34. The van der Waals surface area contributed by atoms with Gasteiger partial charge in [0.05, 0.1) is 19.3 Å². The molecule has 0 aliphatic rings. The van der Waals surface area contributed by atoms with Gasteiger partial charge in [0.1, 0.15) is 30.1 Å². The summed E-state index contributed by atoms with van der Waals surface area (Å²) in [5.74, 6) is 2.13. The molecular weight excluding hydrogens is 404 g/mol. The second-order valence-corrected chi connectivity index (χ2v) is 8.34. The van der Waals surface area contributed by atoms with Gasteiger partial charge in [0, 0.05) is 23.6 Å². The quantitative estimate of drug-likeness (QED) is 0.421. The molecule has 0 saturated heterocycles. The molecule has 0 aliphatic carbocycles. The van der Waals surface area contributed by atoms with Crippen molar-refractivity contribution in [2.24, 2.45) is 0 Å². The fraction of sp³-hybridized carbons (Fsp3) is 0.296. The lowest BCUT2D eigenvalue weighted by molar-refractivity contribution is 0.0553. The minimum Gasteiger partial charge on any atom is -0.496 e. The first-order valence-corrected chi connectivity index (χ1v) is 10.6. The zero-order valence-electron chi connectivity index (χ0n) is 19.1. The van der Waals surface area contributed by atoms with Gasteiger partial charge in [-0.3, -0.25) is 4.79 Å². The van der Waals surface area contributed by atoms with Crippen LogP contribution in [0.25, 0.3) is 11.1 Å². The lowest BCUT2D eigenvalue weighted by Gasteiger charge is -2.18. The maximum atomic E-state index is 10.8. The van der Waals surface area contributed by atoms with Crippen LogP contribution in [0.15, 0.2) is 60.7 Å². The van der Waals surface area contributed by atoms with Gasteiger partial charge >= 0.3 is 0 Å². The molecule has 3 aromatic carbocycles. The summed E-state index contributed by atoms with van der Waals surface area (Å²) in [7, 11) is 1.64. The van der Waals surface area contributed by atoms with Crippen molar-refractivity contribution in [2.75, 3.05) is 13.7 Å². The Hall–Kier alpha value is -3.31. The summed E-state index contributed by atoms with van der Waals surface area (Å²) >= 11 is 0. The fourth-order valence-corrected chi connectivity index (χ4v) is 3.34. The second-order valence-electron chi connectivity index (χ2n) is 8.34. The molecule has 1 N–H and O–H groups in total. The highest BCUT2D eigenvalue weighted by atomic mass is 16.5. The standard InChI is InChI=1S/C27H30O5/c1-19-21(18-32-22-10-8-20(17-28)9-11-22)6-5-7-24(19)25-13-12-23(16-26(25)30-4)31-15-14-27(2,3)29/h5-13,16-17,29H,14-15,18H2,1-4H3. The van der Waals surface area contributed by atoms with Gasteiger partial charge in [-0.05, 0) is 73.9 Å². The highest BCUT2D eigenvalue weighted by Crippen LogP contribution is 2.36. The van der Waals surface area contributed by atoms with Crippen LogP contribution in [0.2, 0.25) is 0 Å². The van der Waals surface area contributed by atoms with Crippen LogP contribution >= 0.6 is 0 Å². The highest BCUT2D eigenvalue weighted by molar-refractivity contribution is 5.75. The second kappa shape index (κ2) is 10.3. The number of carbonyl (C=O) groups is 1. The van der Waals surface area contributed by atoms with E-state index in [1.54, 1.807) is 45.2 Å². The van der Waals surface area contributed by atoms with E-state index in [0.717, 1.165) is 34.3 Å². The number of aliphatic hydroxyl groups is 1. The Morgan fingerprint density at radius 3 is 2.31 bits per heavy atom. The van der Waals surface area contributed by atoms with Gasteiger partial charge in [-0.1, -0.05) is 18.2 Å². The monoisotopic (exact) mass is 434 g/mol. The van der Waals surface area contributed by atoms with Crippen LogP contribution in [-0.2, 0) is 6.61 Å². The molecule has 168 valence electrons. The average Bonchev–Trinajstić information content (AvgIpc) is 2.78. The highest BCUT2D eigenvalue weighted by Gasteiger charge is 2.15. The number of rotatable bonds is 10. The molecule has 5 nitrogen and oxygen atoms in total. The average molecular weight is 435 g/mol. The van der Waals surface area contributed by atoms with Crippen molar-refractivity contribution < 1.29 is 24.1 Å². The molecule has 0 unspecified atom stereocenters. The Bertz CT molecular complexity index is 1050. The minimum absolute atomic E-state index is 0.417. The summed E-state index contributed by atoms with van der Waals surface area (Å²) in [6.07, 6.45) is 1.35. The normalized spacial score (nSPS) is 11.2. The zero-order valence-corrected chi connectivity index (χ0v) is 19.1. The largest absolute Gasteiger partial charge is 0.496 e. The van der Waals surface area contributed by atoms with Gasteiger partial charge in [-0.2, -0.15) is 0 Å². The van der Waals surface area contributed by atoms with Gasteiger partial charge in [0.25, 0.3) is 0 Å². The predicted octanol–water partition coefficient (Wildman–Crippen LogP) is 5.60. The van der Waals surface area contributed by atoms with E-state index in [9.17, 15) is 9.90 Å². The maximum Gasteiger partial charge on any atom is 0.150 e. The van der Waals surface area contributed by atoms with Crippen LogP contribution in [0.1, 0.15) is 41.8 Å². The number of methoxy groups -OCH3 is 1. The Morgan fingerprint density at radius 2 is 1.66 bits per heavy atom. The molecular formula is C27H30O5. The number of hydrogen-bond acceptors (Lipinski definition) is 5. The van der Waals surface area contributed by atoms with E-state index in [4.69, 9.17) is 14.2 Å². The predicted molar refractivity (Wildman–Crippen MR) is 126 cm³/mol. The van der Waals surface area contributed by atoms with Crippen LogP contribution in [0.3, 0.4) is 0 Å². The van der Waals surface area contributed by atoms with E-state index in [1.165, 1.54) is 0 Å². The Labute approximate surface area is 189 Å². The van der Waals surface area contributed by atoms with Gasteiger partial charge in [0.2, 0.25) is 0 Å². The van der Waals surface area contributed by atoms with E-state index in [1.807, 2.05) is 30.3 Å². The smallest absolute Gasteiger partial charge is 0.150 e. The molecule has 0 aliphatic heterocycles. The molecule has 32 heavy (non-hydrogen) atoms. The third-order valence-corrected chi connectivity index (χ3v) is 5.30. The summed E-state index contributed by atoms with van der Waals surface area (Å²) in [6.45, 7) is 6.43. The zero-order chi connectivity index (χ0) is 23.1. The van der Waals surface area contributed by atoms with E-state index >= 15 is 0 Å². The van der Waals surface area contributed by atoms with Gasteiger partial charge in [0.15, 0.2) is 0 Å². The summed E-state index contributed by atoms with van der Waals surface area (Å²) < 4.78 is 17.4. The van der Waals surface area contributed by atoms with E-state index in [0.29, 0.717) is 36.7 Å². The minimum atomic E-state index is -0.764. The molecule has 0 aromatic heterocycles. The van der Waals surface area contributed by atoms with Crippen molar-refractivity contribution in [2.45, 2.75) is 39.4 Å². The lowest BCUT2D eigenvalue weighted by Crippen LogP contribution is -2.21. The Balaban J connectivity index is 1.77. The molecule has 0 fully saturated rings. The Morgan fingerprint density at radius 1 is 0.938 bits per heavy atom. The molecule has 3 aromatic rings. The van der Waals surface area contributed by atoms with Crippen molar-refractivity contribution >= 4 is 6.29 Å². The molecule has 5 heteroatoms. The molecule has 0 radical (unpaired) electrons. The Kier molecular flexibility index (Phi) is 7.54. The summed E-state index contributed by atoms with van der Waals surface area (Å²) in [6, 6.07) is 18.9. The number of hydrogen-bond donors (Lipinski definition) is 1. The first-order chi connectivity index (χ1) is 15.3. The summed E-state index contributed by atoms with van der Waals surface area (Å²) in [5.41, 5.74) is 4.05. The molecule has 0 atom stereocenters. The van der Waals surface area contributed by atoms with E-state index in [-0.39, 0.29) is 0 Å². The van der Waals surface area contributed by atoms with Crippen LogP contribution in [-0.4, -0.2) is 30.7 Å². The topological polar surface area (TPSA) is 65.0 Å². The van der Waals surface area contributed by atoms with Crippen molar-refractivity contribution in [3.05, 3.63) is 77.4 Å². The number of carbonyl (C=O) groups excluding carboxylic acids is 1. The molecule has 0 heterocycles. The van der Waals surface area contributed by atoms with Crippen molar-refractivity contribution in [1.82, 2.24) is 0 Å². The van der Waals surface area contributed by atoms with Crippen molar-refractivity contribution in [1.29, 1.82) is 0 Å². The summed E-state index contributed by atoms with van der Waals surface area (Å²) in [4.78, 5) is 10.8. The third kappa shape index (κ3) is 6.11. The molecule has 0 saturated carbocycles. The lowest BCUT2D eigenvalue weighted by atomic mass is 9.96. The van der Waals surface area contributed by atoms with E-state index < -0.39 is 5.60 Å².